The molecule has 4 rings (SSSR count). The first-order valence-electron chi connectivity index (χ1n) is 8.85. The van der Waals surface area contributed by atoms with Crippen molar-refractivity contribution in [2.45, 2.75) is 0 Å². The standard InChI is InChI=1S/C20H17Cl2N5O/c21-16-4-1-14(2-5-16)17-6-8-19(25-24-17)26-9-11-27(12-10-26)20(28)15-3-7-18(22)23-13-15/h1-8,13H,9-12H2. The number of pyridine rings is 1. The van der Waals surface area contributed by atoms with Gasteiger partial charge < -0.3 is 9.80 Å². The summed E-state index contributed by atoms with van der Waals surface area (Å²) in [6.07, 6.45) is 1.51. The number of anilines is 1. The largest absolute Gasteiger partial charge is 0.352 e. The zero-order valence-corrected chi connectivity index (χ0v) is 16.4. The molecule has 0 bridgehead atoms. The van der Waals surface area contributed by atoms with Crippen molar-refractivity contribution in [3.8, 4) is 11.3 Å². The lowest BCUT2D eigenvalue weighted by atomic mass is 10.1. The molecule has 0 N–H and O–H groups in total. The molecule has 0 atom stereocenters. The van der Waals surface area contributed by atoms with Crippen molar-refractivity contribution in [3.05, 3.63) is 70.5 Å². The van der Waals surface area contributed by atoms with Crippen molar-refractivity contribution < 1.29 is 4.79 Å². The van der Waals surface area contributed by atoms with Crippen LogP contribution < -0.4 is 4.90 Å². The molecule has 1 aliphatic heterocycles. The second-order valence-electron chi connectivity index (χ2n) is 6.43. The van der Waals surface area contributed by atoms with Gasteiger partial charge >= 0.3 is 0 Å². The predicted molar refractivity (Wildman–Crippen MR) is 110 cm³/mol. The summed E-state index contributed by atoms with van der Waals surface area (Å²) in [6.45, 7) is 2.62. The lowest BCUT2D eigenvalue weighted by Crippen LogP contribution is -2.49. The molecule has 3 aromatic rings. The van der Waals surface area contributed by atoms with Crippen molar-refractivity contribution in [3.63, 3.8) is 0 Å². The van der Waals surface area contributed by atoms with Gasteiger partial charge in [0, 0.05) is 43.0 Å². The van der Waals surface area contributed by atoms with Crippen LogP contribution in [0.25, 0.3) is 11.3 Å². The van der Waals surface area contributed by atoms with Crippen LogP contribution >= 0.6 is 23.2 Å². The third kappa shape index (κ3) is 4.08. The van der Waals surface area contributed by atoms with Gasteiger partial charge in [-0.05, 0) is 36.4 Å². The molecule has 0 saturated carbocycles. The Bertz CT molecular complexity index is 953. The molecule has 142 valence electrons. The number of rotatable bonds is 3. The average molecular weight is 414 g/mol. The monoisotopic (exact) mass is 413 g/mol. The number of nitrogens with zero attached hydrogens (tertiary/aromatic N) is 5. The van der Waals surface area contributed by atoms with Gasteiger partial charge in [-0.15, -0.1) is 10.2 Å². The third-order valence-corrected chi connectivity index (χ3v) is 5.13. The van der Waals surface area contributed by atoms with Gasteiger partial charge in [-0.25, -0.2) is 4.98 Å². The Balaban J connectivity index is 1.39. The minimum Gasteiger partial charge on any atom is -0.352 e. The van der Waals surface area contributed by atoms with E-state index in [1.807, 2.05) is 41.3 Å². The number of benzene rings is 1. The molecule has 1 aromatic carbocycles. The van der Waals surface area contributed by atoms with Gasteiger partial charge in [0.25, 0.3) is 5.91 Å². The van der Waals surface area contributed by atoms with Gasteiger partial charge in [0.1, 0.15) is 5.15 Å². The number of carbonyl (C=O) groups excluding carboxylic acids is 1. The summed E-state index contributed by atoms with van der Waals surface area (Å²) in [5.74, 6) is 0.769. The number of halogens is 2. The lowest BCUT2D eigenvalue weighted by molar-refractivity contribution is 0.0746. The van der Waals surface area contributed by atoms with Crippen LogP contribution in [0.4, 0.5) is 5.82 Å². The fourth-order valence-corrected chi connectivity index (χ4v) is 3.33. The van der Waals surface area contributed by atoms with Gasteiger partial charge in [-0.1, -0.05) is 35.3 Å². The molecule has 0 unspecified atom stereocenters. The van der Waals surface area contributed by atoms with Gasteiger partial charge in [-0.2, -0.15) is 0 Å². The lowest BCUT2D eigenvalue weighted by Gasteiger charge is -2.35. The smallest absolute Gasteiger partial charge is 0.255 e. The fraction of sp³-hybridized carbons (Fsp3) is 0.200. The van der Waals surface area contributed by atoms with E-state index in [0.29, 0.717) is 41.9 Å². The van der Waals surface area contributed by atoms with Crippen molar-refractivity contribution in [1.82, 2.24) is 20.1 Å². The summed E-state index contributed by atoms with van der Waals surface area (Å²) in [4.78, 5) is 20.5. The molecule has 1 aliphatic rings. The van der Waals surface area contributed by atoms with Crippen LogP contribution in [-0.4, -0.2) is 52.2 Å². The Kier molecular flexibility index (Phi) is 5.41. The average Bonchev–Trinajstić information content (AvgIpc) is 2.75. The highest BCUT2D eigenvalue weighted by Crippen LogP contribution is 2.21. The van der Waals surface area contributed by atoms with E-state index in [2.05, 4.69) is 20.1 Å². The maximum atomic E-state index is 12.6. The van der Waals surface area contributed by atoms with E-state index >= 15 is 0 Å². The van der Waals surface area contributed by atoms with E-state index < -0.39 is 0 Å². The zero-order valence-electron chi connectivity index (χ0n) is 14.9. The third-order valence-electron chi connectivity index (χ3n) is 4.66. The molecular weight excluding hydrogens is 397 g/mol. The number of hydrogen-bond acceptors (Lipinski definition) is 5. The van der Waals surface area contributed by atoms with E-state index in [-0.39, 0.29) is 5.91 Å². The number of piperazine rings is 1. The molecule has 8 heteroatoms. The summed E-state index contributed by atoms with van der Waals surface area (Å²) in [5, 5.41) is 9.75. The maximum absolute atomic E-state index is 12.6. The van der Waals surface area contributed by atoms with Crippen LogP contribution in [0.5, 0.6) is 0 Å². The summed E-state index contributed by atoms with van der Waals surface area (Å²) in [7, 11) is 0. The first-order chi connectivity index (χ1) is 13.6. The SMILES string of the molecule is O=C(c1ccc(Cl)nc1)N1CCN(c2ccc(-c3ccc(Cl)cc3)nn2)CC1. The molecule has 1 fully saturated rings. The first kappa shape index (κ1) is 18.7. The highest BCUT2D eigenvalue weighted by atomic mass is 35.5. The normalized spacial score (nSPS) is 14.2. The number of amides is 1. The van der Waals surface area contributed by atoms with Crippen LogP contribution in [0.15, 0.2) is 54.7 Å². The Morgan fingerprint density at radius 3 is 2.21 bits per heavy atom. The van der Waals surface area contributed by atoms with E-state index in [0.717, 1.165) is 17.1 Å². The van der Waals surface area contributed by atoms with E-state index in [1.54, 1.807) is 12.1 Å². The Labute approximate surface area is 172 Å². The Morgan fingerprint density at radius 1 is 0.857 bits per heavy atom. The maximum Gasteiger partial charge on any atom is 0.255 e. The molecular formula is C20H17Cl2N5O. The summed E-state index contributed by atoms with van der Waals surface area (Å²) in [6, 6.07) is 14.7. The van der Waals surface area contributed by atoms with Gasteiger partial charge in [0.15, 0.2) is 5.82 Å². The van der Waals surface area contributed by atoms with E-state index in [1.165, 1.54) is 6.20 Å². The van der Waals surface area contributed by atoms with Crippen molar-refractivity contribution >= 4 is 34.9 Å². The van der Waals surface area contributed by atoms with E-state index in [4.69, 9.17) is 23.2 Å². The van der Waals surface area contributed by atoms with Crippen LogP contribution in [0.2, 0.25) is 10.2 Å². The summed E-state index contributed by atoms with van der Waals surface area (Å²) >= 11 is 11.7. The number of aromatic nitrogens is 3. The van der Waals surface area contributed by atoms with E-state index in [9.17, 15) is 4.79 Å². The highest BCUT2D eigenvalue weighted by Gasteiger charge is 2.23. The van der Waals surface area contributed by atoms with Crippen LogP contribution in [-0.2, 0) is 0 Å². The number of hydrogen-bond donors (Lipinski definition) is 0. The number of carbonyl (C=O) groups is 1. The molecule has 1 saturated heterocycles. The van der Waals surface area contributed by atoms with Crippen molar-refractivity contribution in [2.75, 3.05) is 31.1 Å². The van der Waals surface area contributed by atoms with Crippen LogP contribution in [0.3, 0.4) is 0 Å². The van der Waals surface area contributed by atoms with Gasteiger partial charge in [0.05, 0.1) is 11.3 Å². The minimum absolute atomic E-state index is 0.0343. The second kappa shape index (κ2) is 8.12. The quantitative estimate of drug-likeness (QED) is 0.610. The highest BCUT2D eigenvalue weighted by molar-refractivity contribution is 6.30. The molecule has 1 amide bonds. The fourth-order valence-electron chi connectivity index (χ4n) is 3.09. The summed E-state index contributed by atoms with van der Waals surface area (Å²) < 4.78 is 0. The summed E-state index contributed by atoms with van der Waals surface area (Å²) in [5.41, 5.74) is 2.31. The predicted octanol–water partition coefficient (Wildman–Crippen LogP) is 3.81. The van der Waals surface area contributed by atoms with Gasteiger partial charge in [-0.3, -0.25) is 4.79 Å². The molecule has 0 radical (unpaired) electrons. The van der Waals surface area contributed by atoms with Crippen LogP contribution in [0.1, 0.15) is 10.4 Å². The molecule has 6 nitrogen and oxygen atoms in total. The Hall–Kier alpha value is -2.70. The van der Waals surface area contributed by atoms with Crippen LogP contribution in [0, 0.1) is 0 Å². The first-order valence-corrected chi connectivity index (χ1v) is 9.61. The van der Waals surface area contributed by atoms with Crippen molar-refractivity contribution in [1.29, 1.82) is 0 Å². The molecule has 0 spiro atoms. The second-order valence-corrected chi connectivity index (χ2v) is 7.26. The minimum atomic E-state index is -0.0343. The van der Waals surface area contributed by atoms with Gasteiger partial charge in [0.2, 0.25) is 0 Å². The molecule has 0 aliphatic carbocycles. The van der Waals surface area contributed by atoms with Crippen molar-refractivity contribution in [2.24, 2.45) is 0 Å². The molecule has 28 heavy (non-hydrogen) atoms. The zero-order chi connectivity index (χ0) is 19.5. The topological polar surface area (TPSA) is 62.2 Å². The molecule has 2 aromatic heterocycles. The molecule has 3 heterocycles. The Morgan fingerprint density at radius 2 is 1.61 bits per heavy atom.